The second-order valence-electron chi connectivity index (χ2n) is 8.36. The van der Waals surface area contributed by atoms with Crippen LogP contribution in [-0.4, -0.2) is 44.8 Å². The fraction of sp³-hybridized carbons (Fsp3) is 0.360. The van der Waals surface area contributed by atoms with Gasteiger partial charge in [0, 0.05) is 56.2 Å². The summed E-state index contributed by atoms with van der Waals surface area (Å²) in [5, 5.41) is 9.63. The van der Waals surface area contributed by atoms with Crippen molar-refractivity contribution in [1.82, 2.24) is 5.32 Å². The zero-order chi connectivity index (χ0) is 23.2. The Morgan fingerprint density at radius 1 is 1.15 bits per heavy atom. The maximum Gasteiger partial charge on any atom is 0.148 e. The van der Waals surface area contributed by atoms with Crippen molar-refractivity contribution in [3.63, 3.8) is 0 Å². The number of ketones is 1. The van der Waals surface area contributed by atoms with Gasteiger partial charge in [0.05, 0.1) is 11.6 Å². The average Bonchev–Trinajstić information content (AvgIpc) is 2.83. The summed E-state index contributed by atoms with van der Waals surface area (Å²) in [4.78, 5) is 26.3. The van der Waals surface area contributed by atoms with E-state index in [-0.39, 0.29) is 23.8 Å². The number of aldehydes is 1. The minimum atomic E-state index is -0.730. The number of hydrogen-bond acceptors (Lipinski definition) is 6. The first kappa shape index (κ1) is 22.9. The number of allylic oxidation sites excluding steroid dienone is 2. The lowest BCUT2D eigenvalue weighted by molar-refractivity contribution is -0.126. The van der Waals surface area contributed by atoms with Crippen LogP contribution in [0.2, 0.25) is 0 Å². The SMILES string of the molecule is O=CC(CCNc1ccc(F)cc1)C(=O)CC1=CCc2cc(F)c(N3CCNCC3)cc2N1. The third kappa shape index (κ3) is 5.76. The highest BCUT2D eigenvalue weighted by molar-refractivity contribution is 5.95. The summed E-state index contributed by atoms with van der Waals surface area (Å²) in [6, 6.07) is 9.30. The Morgan fingerprint density at radius 3 is 2.64 bits per heavy atom. The van der Waals surface area contributed by atoms with Crippen molar-refractivity contribution in [3.8, 4) is 0 Å². The van der Waals surface area contributed by atoms with E-state index in [0.717, 1.165) is 48.8 Å². The van der Waals surface area contributed by atoms with E-state index >= 15 is 0 Å². The minimum absolute atomic E-state index is 0.111. The largest absolute Gasteiger partial charge is 0.385 e. The molecule has 1 unspecified atom stereocenters. The first-order valence-electron chi connectivity index (χ1n) is 11.2. The number of fused-ring (bicyclic) bond motifs is 1. The molecule has 2 aliphatic rings. The number of nitrogens with one attached hydrogen (secondary N) is 3. The number of hydrogen-bond donors (Lipinski definition) is 3. The maximum atomic E-state index is 14.7. The molecule has 6 nitrogen and oxygen atoms in total. The van der Waals surface area contributed by atoms with Gasteiger partial charge in [-0.15, -0.1) is 0 Å². The molecule has 33 heavy (non-hydrogen) atoms. The Bertz CT molecular complexity index is 1030. The van der Waals surface area contributed by atoms with Gasteiger partial charge >= 0.3 is 0 Å². The monoisotopic (exact) mass is 454 g/mol. The molecule has 0 amide bonds. The van der Waals surface area contributed by atoms with Gasteiger partial charge in [0.2, 0.25) is 0 Å². The first-order valence-corrected chi connectivity index (χ1v) is 11.2. The maximum absolute atomic E-state index is 14.7. The minimum Gasteiger partial charge on any atom is -0.385 e. The van der Waals surface area contributed by atoms with Gasteiger partial charge < -0.3 is 25.6 Å². The fourth-order valence-corrected chi connectivity index (χ4v) is 4.17. The highest BCUT2D eigenvalue weighted by Gasteiger charge is 2.23. The lowest BCUT2D eigenvalue weighted by Gasteiger charge is -2.31. The summed E-state index contributed by atoms with van der Waals surface area (Å²) < 4.78 is 27.6. The molecule has 0 spiro atoms. The predicted octanol–water partition coefficient (Wildman–Crippen LogP) is 3.50. The molecular formula is C25H28F2N4O2. The molecular weight excluding hydrogens is 426 g/mol. The molecule has 1 atom stereocenters. The van der Waals surface area contributed by atoms with Crippen LogP contribution in [0.4, 0.5) is 25.8 Å². The van der Waals surface area contributed by atoms with E-state index in [1.165, 1.54) is 12.1 Å². The van der Waals surface area contributed by atoms with E-state index in [1.807, 2.05) is 17.0 Å². The Kier molecular flexibility index (Phi) is 7.34. The van der Waals surface area contributed by atoms with Crippen LogP contribution in [0.1, 0.15) is 18.4 Å². The normalized spacial score (nSPS) is 16.3. The Balaban J connectivity index is 1.34. The van der Waals surface area contributed by atoms with Crippen LogP contribution in [0.3, 0.4) is 0 Å². The van der Waals surface area contributed by atoms with Crippen LogP contribution in [0.15, 0.2) is 48.2 Å². The lowest BCUT2D eigenvalue weighted by atomic mass is 9.95. The van der Waals surface area contributed by atoms with Gasteiger partial charge in [-0.25, -0.2) is 8.78 Å². The second-order valence-corrected chi connectivity index (χ2v) is 8.36. The van der Waals surface area contributed by atoms with Crippen LogP contribution >= 0.6 is 0 Å². The van der Waals surface area contributed by atoms with Gasteiger partial charge in [-0.05, 0) is 54.8 Å². The number of rotatable bonds is 9. The Labute approximate surface area is 192 Å². The molecule has 3 N–H and O–H groups in total. The molecule has 0 aromatic heterocycles. The summed E-state index contributed by atoms with van der Waals surface area (Å²) >= 11 is 0. The van der Waals surface area contributed by atoms with Gasteiger partial charge in [0.25, 0.3) is 0 Å². The highest BCUT2D eigenvalue weighted by atomic mass is 19.1. The molecule has 0 aliphatic carbocycles. The number of halogens is 2. The first-order chi connectivity index (χ1) is 16.0. The van der Waals surface area contributed by atoms with Crippen LogP contribution in [0.25, 0.3) is 0 Å². The molecule has 174 valence electrons. The quantitative estimate of drug-likeness (QED) is 0.398. The standard InChI is InChI=1S/C25H28F2N4O2/c26-19-2-5-20(6-3-19)29-8-7-18(16-32)25(33)14-21-4-1-17-13-22(27)24(15-23(17)30-21)31-11-9-28-10-12-31/h2-6,13,15-16,18,28-30H,1,7-12,14H2. The Morgan fingerprint density at radius 2 is 1.91 bits per heavy atom. The van der Waals surface area contributed by atoms with E-state index in [4.69, 9.17) is 0 Å². The zero-order valence-corrected chi connectivity index (χ0v) is 18.4. The molecule has 0 radical (unpaired) electrons. The van der Waals surface area contributed by atoms with Crippen LogP contribution < -0.4 is 20.9 Å². The van der Waals surface area contributed by atoms with E-state index in [0.29, 0.717) is 31.4 Å². The lowest BCUT2D eigenvalue weighted by Crippen LogP contribution is -2.44. The molecule has 0 saturated carbocycles. The van der Waals surface area contributed by atoms with Gasteiger partial charge in [0.15, 0.2) is 0 Å². The third-order valence-electron chi connectivity index (χ3n) is 6.07. The number of Topliss-reactive ketones (excluding diaryl/α,β-unsaturated/α-hetero) is 1. The van der Waals surface area contributed by atoms with Crippen molar-refractivity contribution in [2.45, 2.75) is 19.3 Å². The number of nitrogens with zero attached hydrogens (tertiary/aromatic N) is 1. The average molecular weight is 455 g/mol. The van der Waals surface area contributed by atoms with Crippen molar-refractivity contribution in [2.24, 2.45) is 5.92 Å². The summed E-state index contributed by atoms with van der Waals surface area (Å²) in [7, 11) is 0. The number of carbonyl (C=O) groups is 2. The van der Waals surface area contributed by atoms with Crippen molar-refractivity contribution in [2.75, 3.05) is 48.3 Å². The molecule has 0 bridgehead atoms. The molecule has 2 aromatic carbocycles. The number of piperazine rings is 1. The highest BCUT2D eigenvalue weighted by Crippen LogP contribution is 2.32. The summed E-state index contributed by atoms with van der Waals surface area (Å²) in [5.74, 6) is -1.46. The van der Waals surface area contributed by atoms with Gasteiger partial charge in [-0.3, -0.25) is 4.79 Å². The van der Waals surface area contributed by atoms with Crippen LogP contribution in [0, 0.1) is 17.6 Å². The van der Waals surface area contributed by atoms with E-state index in [2.05, 4.69) is 16.0 Å². The fourth-order valence-electron chi connectivity index (χ4n) is 4.17. The molecule has 1 fully saturated rings. The molecule has 4 rings (SSSR count). The second kappa shape index (κ2) is 10.6. The number of benzene rings is 2. The van der Waals surface area contributed by atoms with Crippen molar-refractivity contribution in [1.29, 1.82) is 0 Å². The molecule has 2 heterocycles. The molecule has 2 aromatic rings. The zero-order valence-electron chi connectivity index (χ0n) is 18.4. The number of carbonyl (C=O) groups excluding carboxylic acids is 2. The van der Waals surface area contributed by atoms with Gasteiger partial charge in [-0.2, -0.15) is 0 Å². The van der Waals surface area contributed by atoms with Crippen molar-refractivity contribution < 1.29 is 18.4 Å². The molecule has 2 aliphatic heterocycles. The topological polar surface area (TPSA) is 73.5 Å². The summed E-state index contributed by atoms with van der Waals surface area (Å²) in [6.45, 7) is 3.52. The van der Waals surface area contributed by atoms with Gasteiger partial charge in [-0.1, -0.05) is 6.08 Å². The predicted molar refractivity (Wildman–Crippen MR) is 126 cm³/mol. The molecule has 1 saturated heterocycles. The smallest absolute Gasteiger partial charge is 0.148 e. The molecule has 8 heteroatoms. The van der Waals surface area contributed by atoms with E-state index < -0.39 is 5.92 Å². The Hall–Kier alpha value is -3.26. The van der Waals surface area contributed by atoms with Crippen LogP contribution in [0.5, 0.6) is 0 Å². The third-order valence-corrected chi connectivity index (χ3v) is 6.07. The van der Waals surface area contributed by atoms with Crippen molar-refractivity contribution >= 4 is 29.1 Å². The van der Waals surface area contributed by atoms with Gasteiger partial charge in [0.1, 0.15) is 23.7 Å². The summed E-state index contributed by atoms with van der Waals surface area (Å²) in [6.07, 6.45) is 3.55. The van der Waals surface area contributed by atoms with E-state index in [9.17, 15) is 18.4 Å². The van der Waals surface area contributed by atoms with E-state index in [1.54, 1.807) is 18.2 Å². The number of anilines is 3. The van der Waals surface area contributed by atoms with Crippen LogP contribution in [-0.2, 0) is 16.0 Å². The van der Waals surface area contributed by atoms with Crippen molar-refractivity contribution in [3.05, 3.63) is 65.4 Å². The summed E-state index contributed by atoms with van der Waals surface area (Å²) in [5.41, 5.74) is 3.67.